The van der Waals surface area contributed by atoms with Gasteiger partial charge in [-0.2, -0.15) is 22.7 Å². The lowest BCUT2D eigenvalue weighted by atomic mass is 10.1. The number of nitrogens with zero attached hydrogens (tertiary/aromatic N) is 5. The van der Waals surface area contributed by atoms with Crippen molar-refractivity contribution in [3.05, 3.63) is 29.5 Å². The normalized spacial score (nSPS) is 12.3. The van der Waals surface area contributed by atoms with Gasteiger partial charge in [0.05, 0.1) is 11.3 Å². The van der Waals surface area contributed by atoms with E-state index in [0.29, 0.717) is 0 Å². The van der Waals surface area contributed by atoms with Gasteiger partial charge >= 0.3 is 6.18 Å². The topological polar surface area (TPSA) is 63.4 Å². The van der Waals surface area contributed by atoms with Crippen LogP contribution in [0, 0.1) is 0 Å². The number of hydrogen-bond acceptors (Lipinski definition) is 5. The van der Waals surface area contributed by atoms with Crippen molar-refractivity contribution in [3.8, 4) is 0 Å². The highest BCUT2D eigenvalue weighted by molar-refractivity contribution is 5.97. The third kappa shape index (κ3) is 3.01. The van der Waals surface area contributed by atoms with E-state index in [1.54, 1.807) is 25.2 Å². The number of halogens is 3. The molecule has 0 bridgehead atoms. The zero-order valence-corrected chi connectivity index (χ0v) is 11.5. The summed E-state index contributed by atoms with van der Waals surface area (Å²) in [5.74, 6) is -1.84. The monoisotopic (exact) mass is 299 g/mol. The summed E-state index contributed by atoms with van der Waals surface area (Å²) in [5, 5.41) is 3.40. The molecule has 0 unspecified atom stereocenters. The first-order valence-electron chi connectivity index (χ1n) is 5.88. The number of alkyl halides is 3. The average molecular weight is 299 g/mol. The molecular weight excluding hydrogens is 287 g/mol. The van der Waals surface area contributed by atoms with Crippen LogP contribution in [0.5, 0.6) is 0 Å². The molecule has 0 aromatic carbocycles. The molecule has 2 rings (SSSR count). The Balaban J connectivity index is 2.72. The molecule has 0 aliphatic carbocycles. The minimum Gasteiger partial charge on any atom is -0.383 e. The molecule has 0 amide bonds. The second-order valence-corrected chi connectivity index (χ2v) is 4.54. The SMILES string of the molecule is CC(=O)c1cnc2nc(C(F)(F)F)nn2c1C=CN(C)C. The van der Waals surface area contributed by atoms with E-state index in [1.165, 1.54) is 19.2 Å². The quantitative estimate of drug-likeness (QED) is 0.810. The first-order valence-corrected chi connectivity index (χ1v) is 5.88. The van der Waals surface area contributed by atoms with Gasteiger partial charge in [-0.3, -0.25) is 4.79 Å². The molecular formula is C12H12F3N5O. The highest BCUT2D eigenvalue weighted by Crippen LogP contribution is 2.26. The summed E-state index contributed by atoms with van der Waals surface area (Å²) >= 11 is 0. The van der Waals surface area contributed by atoms with Gasteiger partial charge in [-0.05, 0) is 13.0 Å². The predicted molar refractivity (Wildman–Crippen MR) is 68.5 cm³/mol. The lowest BCUT2D eigenvalue weighted by molar-refractivity contribution is -0.144. The molecule has 0 fully saturated rings. The fraction of sp³-hybridized carbons (Fsp3) is 0.333. The minimum absolute atomic E-state index is 0.166. The van der Waals surface area contributed by atoms with Gasteiger partial charge < -0.3 is 4.90 Å². The molecule has 21 heavy (non-hydrogen) atoms. The molecule has 6 nitrogen and oxygen atoms in total. The van der Waals surface area contributed by atoms with Crippen molar-refractivity contribution in [2.45, 2.75) is 13.1 Å². The van der Waals surface area contributed by atoms with Gasteiger partial charge in [-0.1, -0.05) is 0 Å². The maximum atomic E-state index is 12.7. The highest BCUT2D eigenvalue weighted by Gasteiger charge is 2.36. The van der Waals surface area contributed by atoms with Crippen LogP contribution in [0.2, 0.25) is 0 Å². The second kappa shape index (κ2) is 5.15. The standard InChI is InChI=1S/C12H12F3N5O/c1-7(21)8-6-16-11-17-10(12(13,14)15)18-20(11)9(8)4-5-19(2)3/h4-6H,1-3H3. The number of carbonyl (C=O) groups is 1. The molecule has 0 saturated heterocycles. The zero-order chi connectivity index (χ0) is 15.8. The van der Waals surface area contributed by atoms with Gasteiger partial charge in [-0.25, -0.2) is 4.98 Å². The van der Waals surface area contributed by atoms with Gasteiger partial charge in [0.25, 0.3) is 11.6 Å². The van der Waals surface area contributed by atoms with Crippen LogP contribution >= 0.6 is 0 Å². The highest BCUT2D eigenvalue weighted by atomic mass is 19.4. The number of aromatic nitrogens is 4. The van der Waals surface area contributed by atoms with Crippen molar-refractivity contribution < 1.29 is 18.0 Å². The average Bonchev–Trinajstić information content (AvgIpc) is 2.79. The summed E-state index contributed by atoms with van der Waals surface area (Å²) < 4.78 is 38.9. The Labute approximate surface area is 117 Å². The van der Waals surface area contributed by atoms with Crippen LogP contribution in [-0.2, 0) is 6.18 Å². The number of rotatable bonds is 3. The summed E-state index contributed by atoms with van der Waals surface area (Å²) in [5.41, 5.74) is 0.364. The Morgan fingerprint density at radius 3 is 2.57 bits per heavy atom. The summed E-state index contributed by atoms with van der Waals surface area (Å²) in [7, 11) is 3.48. The van der Waals surface area contributed by atoms with Gasteiger partial charge in [0, 0.05) is 26.5 Å². The second-order valence-electron chi connectivity index (χ2n) is 4.54. The molecule has 0 atom stereocenters. The van der Waals surface area contributed by atoms with Gasteiger partial charge in [0.15, 0.2) is 5.78 Å². The first kappa shape index (κ1) is 14.9. The van der Waals surface area contributed by atoms with Crippen molar-refractivity contribution in [1.29, 1.82) is 0 Å². The van der Waals surface area contributed by atoms with Crippen LogP contribution < -0.4 is 0 Å². The lowest BCUT2D eigenvalue weighted by Crippen LogP contribution is -2.09. The largest absolute Gasteiger partial charge is 0.453 e. The van der Waals surface area contributed by atoms with E-state index in [-0.39, 0.29) is 22.8 Å². The smallest absolute Gasteiger partial charge is 0.383 e. The molecule has 0 radical (unpaired) electrons. The van der Waals surface area contributed by atoms with Gasteiger partial charge in [0.2, 0.25) is 0 Å². The van der Waals surface area contributed by atoms with E-state index in [9.17, 15) is 18.0 Å². The van der Waals surface area contributed by atoms with E-state index < -0.39 is 12.0 Å². The van der Waals surface area contributed by atoms with Crippen molar-refractivity contribution in [2.24, 2.45) is 0 Å². The Morgan fingerprint density at radius 1 is 1.38 bits per heavy atom. The van der Waals surface area contributed by atoms with Crippen LogP contribution in [0.1, 0.15) is 28.8 Å². The number of hydrogen-bond donors (Lipinski definition) is 0. The number of Topliss-reactive ketones (excluding diaryl/α,β-unsaturated/α-hetero) is 1. The van der Waals surface area contributed by atoms with Gasteiger partial charge in [0.1, 0.15) is 0 Å². The fourth-order valence-corrected chi connectivity index (χ4v) is 1.62. The number of ketones is 1. The van der Waals surface area contributed by atoms with Crippen LogP contribution in [0.3, 0.4) is 0 Å². The Bertz CT molecular complexity index is 717. The van der Waals surface area contributed by atoms with E-state index in [0.717, 1.165) is 4.52 Å². The molecule has 0 spiro atoms. The summed E-state index contributed by atoms with van der Waals surface area (Å²) in [6, 6.07) is 0. The summed E-state index contributed by atoms with van der Waals surface area (Å²) in [4.78, 5) is 20.3. The van der Waals surface area contributed by atoms with Gasteiger partial charge in [-0.15, -0.1) is 5.10 Å². The molecule has 2 aromatic heterocycles. The van der Waals surface area contributed by atoms with E-state index in [2.05, 4.69) is 15.1 Å². The Hall–Kier alpha value is -2.45. The van der Waals surface area contributed by atoms with Crippen molar-refractivity contribution in [2.75, 3.05) is 14.1 Å². The zero-order valence-electron chi connectivity index (χ0n) is 11.5. The summed E-state index contributed by atoms with van der Waals surface area (Å²) in [6.45, 7) is 1.30. The maximum absolute atomic E-state index is 12.7. The van der Waals surface area contributed by atoms with Crippen molar-refractivity contribution >= 4 is 17.6 Å². The fourth-order valence-electron chi connectivity index (χ4n) is 1.62. The molecule has 112 valence electrons. The van der Waals surface area contributed by atoms with E-state index in [4.69, 9.17) is 0 Å². The predicted octanol–water partition coefficient (Wildman–Crippen LogP) is 1.88. The molecule has 0 N–H and O–H groups in total. The Morgan fingerprint density at radius 2 is 2.05 bits per heavy atom. The third-order valence-electron chi connectivity index (χ3n) is 2.57. The molecule has 2 heterocycles. The molecule has 0 aliphatic heterocycles. The Kier molecular flexibility index (Phi) is 3.67. The first-order chi connectivity index (χ1) is 9.70. The molecule has 0 aliphatic rings. The van der Waals surface area contributed by atoms with Crippen molar-refractivity contribution in [3.63, 3.8) is 0 Å². The lowest BCUT2D eigenvalue weighted by Gasteiger charge is -2.07. The molecule has 0 saturated carbocycles. The van der Waals surface area contributed by atoms with Crippen molar-refractivity contribution in [1.82, 2.24) is 24.5 Å². The van der Waals surface area contributed by atoms with E-state index in [1.807, 2.05) is 0 Å². The minimum atomic E-state index is -4.67. The van der Waals surface area contributed by atoms with E-state index >= 15 is 0 Å². The molecule has 2 aromatic rings. The molecule has 9 heteroatoms. The third-order valence-corrected chi connectivity index (χ3v) is 2.57. The summed E-state index contributed by atoms with van der Waals surface area (Å²) in [6.07, 6.45) is -0.398. The van der Waals surface area contributed by atoms with Crippen LogP contribution in [0.25, 0.3) is 11.9 Å². The number of fused-ring (bicyclic) bond motifs is 1. The van der Waals surface area contributed by atoms with Crippen LogP contribution in [0.4, 0.5) is 13.2 Å². The number of carbonyl (C=O) groups excluding carboxylic acids is 1. The maximum Gasteiger partial charge on any atom is 0.453 e. The van der Waals surface area contributed by atoms with Crippen LogP contribution in [-0.4, -0.2) is 44.4 Å². The van der Waals surface area contributed by atoms with Crippen LogP contribution in [0.15, 0.2) is 12.4 Å².